The van der Waals surface area contributed by atoms with Crippen LogP contribution in [0.5, 0.6) is 0 Å². The average Bonchev–Trinajstić information content (AvgIpc) is 2.59. The second-order valence-corrected chi connectivity index (χ2v) is 5.09. The van der Waals surface area contributed by atoms with Crippen LogP contribution in [0, 0.1) is 0 Å². The third-order valence-corrected chi connectivity index (χ3v) is 2.91. The monoisotopic (exact) mass is 317 g/mol. The maximum absolute atomic E-state index is 4.39. The van der Waals surface area contributed by atoms with Crippen molar-refractivity contribution in [1.29, 1.82) is 0 Å². The van der Waals surface area contributed by atoms with Crippen LogP contribution < -0.4 is 8.51 Å². The van der Waals surface area contributed by atoms with Gasteiger partial charge in [-0.3, -0.25) is 0 Å². The van der Waals surface area contributed by atoms with Gasteiger partial charge in [0.05, 0.1) is 5.69 Å². The van der Waals surface area contributed by atoms with E-state index in [0.717, 1.165) is 16.7 Å². The molecule has 0 amide bonds. The van der Waals surface area contributed by atoms with Gasteiger partial charge in [0.25, 0.3) is 0 Å². The summed E-state index contributed by atoms with van der Waals surface area (Å²) in [6, 6.07) is 0. The predicted molar refractivity (Wildman–Crippen MR) is 69.0 cm³/mol. The first-order valence-corrected chi connectivity index (χ1v) is 5.87. The zero-order chi connectivity index (χ0) is 11.1. The Morgan fingerprint density at radius 1 is 1.47 bits per heavy atom. The van der Waals surface area contributed by atoms with Crippen LogP contribution >= 0.6 is 22.9 Å². The number of rotatable bonds is 1. The molecule has 15 heavy (non-hydrogen) atoms. The van der Waals surface area contributed by atoms with Crippen molar-refractivity contribution in [3.8, 4) is 0 Å². The van der Waals surface area contributed by atoms with E-state index in [0.29, 0.717) is 0 Å². The molecule has 0 saturated carbocycles. The number of aromatic amines is 2. The number of H-pyrrole nitrogens is 2. The van der Waals surface area contributed by atoms with E-state index in [4.69, 9.17) is 0 Å². The van der Waals surface area contributed by atoms with Crippen molar-refractivity contribution in [2.75, 3.05) is 3.53 Å². The molecule has 0 radical (unpaired) electrons. The van der Waals surface area contributed by atoms with Gasteiger partial charge in [0.1, 0.15) is 5.39 Å². The van der Waals surface area contributed by atoms with Gasteiger partial charge in [0, 0.05) is 11.6 Å². The highest BCUT2D eigenvalue weighted by atomic mass is 127. The van der Waals surface area contributed by atoms with Crippen LogP contribution in [0.3, 0.4) is 0 Å². The lowest BCUT2D eigenvalue weighted by atomic mass is 9.91. The summed E-state index contributed by atoms with van der Waals surface area (Å²) in [7, 11) is 0. The fraction of sp³-hybridized carbons (Fsp3) is 0.400. The first-order valence-electron chi connectivity index (χ1n) is 4.79. The first kappa shape index (κ1) is 10.7. The minimum absolute atomic E-state index is 0.0820. The van der Waals surface area contributed by atoms with Crippen molar-refractivity contribution >= 4 is 39.6 Å². The number of fused-ring (bicyclic) bond motifs is 1. The Bertz CT molecular complexity index is 484. The van der Waals surface area contributed by atoms with Gasteiger partial charge in [0.2, 0.25) is 12.1 Å². The molecule has 4 nitrogen and oxygen atoms in total. The number of hydrogen-bond donors (Lipinski definition) is 2. The van der Waals surface area contributed by atoms with Crippen molar-refractivity contribution in [2.24, 2.45) is 0 Å². The molecule has 0 aliphatic rings. The van der Waals surface area contributed by atoms with Crippen LogP contribution in [0.1, 0.15) is 26.5 Å². The SMILES string of the molecule is CC(C)(C)c1[nH]cc2c(NI)[nH+]cnc12. The lowest BCUT2D eigenvalue weighted by Crippen LogP contribution is -2.13. The summed E-state index contributed by atoms with van der Waals surface area (Å²) in [5, 5.41) is 1.09. The molecule has 2 heterocycles. The molecule has 0 bridgehead atoms. The highest BCUT2D eigenvalue weighted by molar-refractivity contribution is 14.1. The fourth-order valence-corrected chi connectivity index (χ4v) is 2.08. The summed E-state index contributed by atoms with van der Waals surface area (Å²) in [4.78, 5) is 10.8. The largest absolute Gasteiger partial charge is 0.361 e. The standard InChI is InChI=1S/C10H13IN4/c1-10(2,3)8-7-6(4-12-8)9(15-11)14-5-13-7/h4-5,12H,1-3H3,(H,13,14,15)/p+1. The molecule has 80 valence electrons. The molecule has 0 atom stereocenters. The van der Waals surface area contributed by atoms with Gasteiger partial charge in [-0.05, 0) is 0 Å². The first-order chi connectivity index (χ1) is 7.04. The maximum Gasteiger partial charge on any atom is 0.240 e. The Balaban J connectivity index is 2.72. The molecule has 3 N–H and O–H groups in total. The molecule has 0 aliphatic heterocycles. The Hall–Kier alpha value is -0.850. The summed E-state index contributed by atoms with van der Waals surface area (Å²) in [5.41, 5.74) is 2.28. The van der Waals surface area contributed by atoms with E-state index in [1.54, 1.807) is 6.33 Å². The minimum Gasteiger partial charge on any atom is -0.361 e. The summed E-state index contributed by atoms with van der Waals surface area (Å²) < 4.78 is 3.09. The van der Waals surface area contributed by atoms with Crippen molar-refractivity contribution in [2.45, 2.75) is 26.2 Å². The highest BCUT2D eigenvalue weighted by Gasteiger charge is 2.23. The van der Waals surface area contributed by atoms with Crippen LogP contribution in [0.4, 0.5) is 5.82 Å². The van der Waals surface area contributed by atoms with Gasteiger partial charge in [-0.1, -0.05) is 20.8 Å². The van der Waals surface area contributed by atoms with Crippen molar-refractivity contribution in [1.82, 2.24) is 9.97 Å². The normalized spacial score (nSPS) is 12.0. The number of nitrogens with zero attached hydrogens (tertiary/aromatic N) is 1. The molecule has 2 aromatic rings. The van der Waals surface area contributed by atoms with E-state index in [9.17, 15) is 0 Å². The van der Waals surface area contributed by atoms with Crippen LogP contribution in [-0.4, -0.2) is 9.97 Å². The average molecular weight is 317 g/mol. The third-order valence-electron chi connectivity index (χ3n) is 2.37. The van der Waals surface area contributed by atoms with E-state index < -0.39 is 0 Å². The number of aromatic nitrogens is 3. The van der Waals surface area contributed by atoms with Gasteiger partial charge in [-0.25, -0.2) is 8.51 Å². The van der Waals surface area contributed by atoms with Gasteiger partial charge in [-0.2, -0.15) is 0 Å². The molecule has 0 fully saturated rings. The molecular formula is C10H14IN4+. The molecule has 0 aliphatic carbocycles. The van der Waals surface area contributed by atoms with Crippen LogP contribution in [0.2, 0.25) is 0 Å². The number of hydrogen-bond acceptors (Lipinski definition) is 2. The van der Waals surface area contributed by atoms with E-state index in [-0.39, 0.29) is 5.41 Å². The number of halogens is 1. The van der Waals surface area contributed by atoms with Crippen molar-refractivity contribution in [3.63, 3.8) is 0 Å². The molecule has 0 aromatic carbocycles. The Morgan fingerprint density at radius 2 is 2.20 bits per heavy atom. The van der Waals surface area contributed by atoms with Crippen LogP contribution in [0.25, 0.3) is 10.9 Å². The molecule has 5 heteroatoms. The molecule has 2 rings (SSSR count). The number of nitrogens with one attached hydrogen (secondary N) is 3. The van der Waals surface area contributed by atoms with Gasteiger partial charge < -0.3 is 4.98 Å². The summed E-state index contributed by atoms with van der Waals surface area (Å²) in [5.74, 6) is 0.979. The second-order valence-electron chi connectivity index (χ2n) is 4.55. The lowest BCUT2D eigenvalue weighted by molar-refractivity contribution is -0.362. The van der Waals surface area contributed by atoms with Crippen molar-refractivity contribution < 1.29 is 4.98 Å². The molecule has 0 saturated heterocycles. The van der Waals surface area contributed by atoms with Gasteiger partial charge in [-0.15, -0.1) is 4.98 Å². The predicted octanol–water partition coefficient (Wildman–Crippen LogP) is 2.44. The van der Waals surface area contributed by atoms with E-state index in [1.165, 1.54) is 5.69 Å². The van der Waals surface area contributed by atoms with Gasteiger partial charge >= 0.3 is 0 Å². The van der Waals surface area contributed by atoms with E-state index in [1.807, 2.05) is 6.20 Å². The third kappa shape index (κ3) is 1.80. The van der Waals surface area contributed by atoms with Crippen LogP contribution in [0.15, 0.2) is 12.5 Å². The fourth-order valence-electron chi connectivity index (χ4n) is 1.63. The zero-order valence-corrected chi connectivity index (χ0v) is 11.1. The summed E-state index contributed by atoms with van der Waals surface area (Å²) in [6.45, 7) is 6.52. The lowest BCUT2D eigenvalue weighted by Gasteiger charge is -2.15. The summed E-state index contributed by atoms with van der Waals surface area (Å²) in [6.07, 6.45) is 3.70. The Labute approximate surface area is 102 Å². The summed E-state index contributed by atoms with van der Waals surface area (Å²) >= 11 is 2.11. The number of anilines is 1. The van der Waals surface area contributed by atoms with Crippen molar-refractivity contribution in [3.05, 3.63) is 18.2 Å². The van der Waals surface area contributed by atoms with E-state index >= 15 is 0 Å². The van der Waals surface area contributed by atoms with Crippen LogP contribution in [-0.2, 0) is 5.41 Å². The quantitative estimate of drug-likeness (QED) is 0.627. The second kappa shape index (κ2) is 3.62. The Morgan fingerprint density at radius 3 is 2.80 bits per heavy atom. The Kier molecular flexibility index (Phi) is 2.57. The topological polar surface area (TPSA) is 54.9 Å². The molecule has 0 unspecified atom stereocenters. The smallest absolute Gasteiger partial charge is 0.240 e. The minimum atomic E-state index is 0.0820. The van der Waals surface area contributed by atoms with Gasteiger partial charge in [0.15, 0.2) is 28.4 Å². The molecule has 0 spiro atoms. The molecule has 2 aromatic heterocycles. The van der Waals surface area contributed by atoms with E-state index in [2.05, 4.69) is 62.1 Å². The molecular weight excluding hydrogens is 303 g/mol. The maximum atomic E-state index is 4.39. The highest BCUT2D eigenvalue weighted by Crippen LogP contribution is 2.29. The zero-order valence-electron chi connectivity index (χ0n) is 8.98.